The monoisotopic (exact) mass is 1010 g/mol. The van der Waals surface area contributed by atoms with E-state index in [1.165, 1.54) is 57.8 Å². The van der Waals surface area contributed by atoms with Crippen LogP contribution in [0.2, 0.25) is 0 Å². The first-order chi connectivity index (χ1) is 34.4. The standard InChI is InChI=1S/C61H103N2O7P/c1-7-10-13-16-19-22-25-28-29-30-31-32-33-36-39-42-45-48-51-54-61(65)70-59(52-49-46-43-40-37-34-26-23-20-17-14-11-8-2)58(57-69-71(66,67)68-56-55-63(4,5)6)62-60(64)53-50-47-44-41-38-35-27-24-21-18-15-12-9-3/h10,12-13,15,18-19,21-22,24,27-29,31-32,36,39,45,48-49,52,58-59H,7-9,11,14,16-17,20,23,25-26,30,33-35,37-38,40-44,46-47,50-51,53-57H2,1-6H3,(H-,62,64,66,67)/p+1/b13-10-,15-12+,21-18+,22-19-,27-24-,29-28-,32-31-,39-36-,48-45-,52-49-. The van der Waals surface area contributed by atoms with Crippen LogP contribution < -0.4 is 5.32 Å². The lowest BCUT2D eigenvalue weighted by atomic mass is 10.0. The number of ether oxygens (including phenoxy) is 1. The molecule has 0 aliphatic carbocycles. The fraction of sp³-hybridized carbons (Fsp3) is 0.639. The van der Waals surface area contributed by atoms with Crippen LogP contribution >= 0.6 is 7.82 Å². The van der Waals surface area contributed by atoms with Crippen LogP contribution in [0, 0.1) is 0 Å². The average molecular weight is 1010 g/mol. The maximum absolute atomic E-state index is 13.5. The number of rotatable bonds is 48. The Labute approximate surface area is 435 Å². The number of unbranched alkanes of at least 4 members (excludes halogenated alkanes) is 16. The van der Waals surface area contributed by atoms with Crippen molar-refractivity contribution in [3.05, 3.63) is 122 Å². The molecule has 2 N–H and O–H groups in total. The molecule has 0 fully saturated rings. The van der Waals surface area contributed by atoms with Crippen LogP contribution in [0.5, 0.6) is 0 Å². The van der Waals surface area contributed by atoms with Crippen molar-refractivity contribution >= 4 is 19.7 Å². The van der Waals surface area contributed by atoms with Gasteiger partial charge in [0.05, 0.1) is 33.8 Å². The number of phosphoric acid groups is 1. The lowest BCUT2D eigenvalue weighted by Crippen LogP contribution is -2.47. The van der Waals surface area contributed by atoms with Gasteiger partial charge in [-0.25, -0.2) is 4.57 Å². The third-order valence-corrected chi connectivity index (χ3v) is 12.5. The van der Waals surface area contributed by atoms with Gasteiger partial charge in [0, 0.05) is 12.8 Å². The summed E-state index contributed by atoms with van der Waals surface area (Å²) in [7, 11) is 1.42. The highest BCUT2D eigenvalue weighted by molar-refractivity contribution is 7.47. The van der Waals surface area contributed by atoms with Gasteiger partial charge >= 0.3 is 13.8 Å². The molecule has 0 aliphatic rings. The van der Waals surface area contributed by atoms with E-state index in [4.69, 9.17) is 13.8 Å². The molecular weight excluding hydrogens is 904 g/mol. The van der Waals surface area contributed by atoms with Gasteiger partial charge in [0.25, 0.3) is 0 Å². The Balaban J connectivity index is 5.54. The minimum Gasteiger partial charge on any atom is -0.456 e. The van der Waals surface area contributed by atoms with Crippen LogP contribution in [0.3, 0.4) is 0 Å². The fourth-order valence-electron chi connectivity index (χ4n) is 7.20. The number of amides is 1. The summed E-state index contributed by atoms with van der Waals surface area (Å²) in [5.41, 5.74) is 0. The van der Waals surface area contributed by atoms with E-state index in [1.807, 2.05) is 51.5 Å². The van der Waals surface area contributed by atoms with Gasteiger partial charge in [0.2, 0.25) is 5.91 Å². The van der Waals surface area contributed by atoms with Crippen LogP contribution in [0.4, 0.5) is 0 Å². The molecule has 0 aromatic carbocycles. The Morgan fingerprint density at radius 2 is 0.986 bits per heavy atom. The Bertz CT molecular complexity index is 1630. The zero-order valence-corrected chi connectivity index (χ0v) is 46.8. The number of likely N-dealkylation sites (N-methyl/N-ethyl adjacent to an activating group) is 1. The van der Waals surface area contributed by atoms with Crippen molar-refractivity contribution in [3.63, 3.8) is 0 Å². The maximum Gasteiger partial charge on any atom is 0.472 e. The third-order valence-electron chi connectivity index (χ3n) is 11.5. The van der Waals surface area contributed by atoms with E-state index >= 15 is 0 Å². The zero-order valence-electron chi connectivity index (χ0n) is 45.9. The summed E-state index contributed by atoms with van der Waals surface area (Å²) in [6.45, 7) is 6.67. The zero-order chi connectivity index (χ0) is 52.2. The predicted molar refractivity (Wildman–Crippen MR) is 304 cm³/mol. The third kappa shape index (κ3) is 51.1. The van der Waals surface area contributed by atoms with Gasteiger partial charge in [-0.2, -0.15) is 0 Å². The van der Waals surface area contributed by atoms with Gasteiger partial charge in [0.1, 0.15) is 19.3 Å². The molecule has 0 heterocycles. The van der Waals surface area contributed by atoms with Crippen molar-refractivity contribution in [1.82, 2.24) is 5.32 Å². The van der Waals surface area contributed by atoms with E-state index in [1.54, 1.807) is 0 Å². The smallest absolute Gasteiger partial charge is 0.456 e. The molecule has 0 spiro atoms. The minimum atomic E-state index is -4.47. The largest absolute Gasteiger partial charge is 0.472 e. The first kappa shape index (κ1) is 67.4. The molecule has 3 unspecified atom stereocenters. The molecule has 0 saturated heterocycles. The van der Waals surface area contributed by atoms with Gasteiger partial charge in [-0.15, -0.1) is 0 Å². The Morgan fingerprint density at radius 1 is 0.521 bits per heavy atom. The van der Waals surface area contributed by atoms with Gasteiger partial charge in [-0.05, 0) is 89.5 Å². The molecule has 0 aromatic rings. The number of nitrogens with zero attached hydrogens (tertiary/aromatic N) is 1. The Hall–Kier alpha value is -3.59. The number of nitrogens with one attached hydrogen (secondary N) is 1. The topological polar surface area (TPSA) is 111 Å². The van der Waals surface area contributed by atoms with Gasteiger partial charge < -0.3 is 19.4 Å². The first-order valence-electron chi connectivity index (χ1n) is 27.9. The highest BCUT2D eigenvalue weighted by Gasteiger charge is 2.30. The van der Waals surface area contributed by atoms with Gasteiger partial charge in [0.15, 0.2) is 0 Å². The number of allylic oxidation sites excluding steroid dienone is 19. The summed E-state index contributed by atoms with van der Waals surface area (Å²) < 4.78 is 30.5. The predicted octanol–water partition coefficient (Wildman–Crippen LogP) is 16.8. The maximum atomic E-state index is 13.5. The van der Waals surface area contributed by atoms with Gasteiger partial charge in [-0.1, -0.05) is 220 Å². The van der Waals surface area contributed by atoms with E-state index < -0.39 is 25.9 Å². The summed E-state index contributed by atoms with van der Waals surface area (Å²) in [4.78, 5) is 37.5. The minimum absolute atomic E-state index is 0.0180. The summed E-state index contributed by atoms with van der Waals surface area (Å²) in [6, 6.07) is -0.897. The number of phosphoric ester groups is 1. The van der Waals surface area contributed by atoms with E-state index in [0.29, 0.717) is 23.9 Å². The highest BCUT2D eigenvalue weighted by Crippen LogP contribution is 2.43. The van der Waals surface area contributed by atoms with E-state index in [0.717, 1.165) is 96.3 Å². The molecule has 71 heavy (non-hydrogen) atoms. The summed E-state index contributed by atoms with van der Waals surface area (Å²) in [5, 5.41) is 3.01. The summed E-state index contributed by atoms with van der Waals surface area (Å²) >= 11 is 0. The summed E-state index contributed by atoms with van der Waals surface area (Å²) in [5.74, 6) is -0.638. The highest BCUT2D eigenvalue weighted by atomic mass is 31.2. The first-order valence-corrected chi connectivity index (χ1v) is 29.4. The van der Waals surface area contributed by atoms with Crippen molar-refractivity contribution in [3.8, 4) is 0 Å². The van der Waals surface area contributed by atoms with E-state index in [2.05, 4.69) is 117 Å². The van der Waals surface area contributed by atoms with Crippen LogP contribution in [0.25, 0.3) is 0 Å². The molecule has 1 amide bonds. The second-order valence-corrected chi connectivity index (χ2v) is 20.9. The van der Waals surface area contributed by atoms with Crippen molar-refractivity contribution in [1.29, 1.82) is 0 Å². The second kappa shape index (κ2) is 50.0. The normalized spacial score (nSPS) is 14.7. The van der Waals surface area contributed by atoms with Crippen LogP contribution in [-0.2, 0) is 27.9 Å². The quantitative estimate of drug-likeness (QED) is 0.0156. The van der Waals surface area contributed by atoms with E-state index in [-0.39, 0.29) is 32.0 Å². The molecular formula is C61H104N2O7P+. The SMILES string of the molecule is CC/C=C\C/C=C\C/C=C\C/C=C\C/C=C\C/C=C\CCC(=O)OC(/C=C\CCCCCCCCCCCCC)C(COP(=O)(O)OCC[N+](C)(C)C)NC(=O)CCCCCCC\C=C/C=C/C=C/CC. The van der Waals surface area contributed by atoms with Crippen LogP contribution in [-0.4, -0.2) is 74.3 Å². The number of esters is 1. The van der Waals surface area contributed by atoms with Crippen LogP contribution in [0.15, 0.2) is 122 Å². The molecule has 3 atom stereocenters. The average Bonchev–Trinajstić information content (AvgIpc) is 3.33. The van der Waals surface area contributed by atoms with Crippen LogP contribution in [0.1, 0.15) is 201 Å². The number of carbonyl (C=O) groups is 2. The van der Waals surface area contributed by atoms with Gasteiger partial charge in [-0.3, -0.25) is 18.6 Å². The Morgan fingerprint density at radius 3 is 1.51 bits per heavy atom. The van der Waals surface area contributed by atoms with E-state index in [9.17, 15) is 19.0 Å². The second-order valence-electron chi connectivity index (χ2n) is 19.4. The molecule has 404 valence electrons. The van der Waals surface area contributed by atoms with Crippen molar-refractivity contribution < 1.29 is 37.3 Å². The molecule has 0 aromatic heterocycles. The van der Waals surface area contributed by atoms with Crippen molar-refractivity contribution in [2.24, 2.45) is 0 Å². The lowest BCUT2D eigenvalue weighted by Gasteiger charge is -2.27. The molecule has 9 nitrogen and oxygen atoms in total. The molecule has 0 aliphatic heterocycles. The number of hydrogen-bond donors (Lipinski definition) is 2. The fourth-order valence-corrected chi connectivity index (χ4v) is 7.93. The van der Waals surface area contributed by atoms with Crippen molar-refractivity contribution in [2.45, 2.75) is 213 Å². The number of hydrogen-bond acceptors (Lipinski definition) is 6. The molecule has 0 rings (SSSR count). The Kier molecular flexibility index (Phi) is 47.4. The molecule has 0 radical (unpaired) electrons. The lowest BCUT2D eigenvalue weighted by molar-refractivity contribution is -0.870. The summed E-state index contributed by atoms with van der Waals surface area (Å²) in [6.07, 6.45) is 69.3. The number of quaternary nitrogens is 1. The number of carbonyl (C=O) groups excluding carboxylic acids is 2. The molecule has 10 heteroatoms. The molecule has 0 saturated carbocycles. The molecule has 0 bridgehead atoms. The van der Waals surface area contributed by atoms with Crippen molar-refractivity contribution in [2.75, 3.05) is 40.9 Å².